The Morgan fingerprint density at radius 2 is 2.00 bits per heavy atom. The standard InChI is InChI=1S/C20H29NO3/c1-4-24-19-14-16(10-12-18(19)23-3)11-13-20(22)21(2)15-17-8-6-5-7-9-17/h10-14,17H,4-9,15H2,1-3H3/b13-11+. The Morgan fingerprint density at radius 3 is 2.67 bits per heavy atom. The van der Waals surface area contributed by atoms with E-state index in [9.17, 15) is 4.79 Å². The molecule has 0 spiro atoms. The molecule has 1 aromatic carbocycles. The van der Waals surface area contributed by atoms with E-state index in [1.807, 2.05) is 43.1 Å². The van der Waals surface area contributed by atoms with Gasteiger partial charge in [-0.15, -0.1) is 0 Å². The van der Waals surface area contributed by atoms with Crippen molar-refractivity contribution in [3.63, 3.8) is 0 Å². The van der Waals surface area contributed by atoms with Crippen molar-refractivity contribution in [2.75, 3.05) is 27.3 Å². The molecule has 0 aromatic heterocycles. The molecule has 4 heteroatoms. The van der Waals surface area contributed by atoms with Gasteiger partial charge in [0.05, 0.1) is 13.7 Å². The molecule has 0 heterocycles. The molecule has 1 fully saturated rings. The first-order valence-corrected chi connectivity index (χ1v) is 8.88. The molecule has 24 heavy (non-hydrogen) atoms. The molecule has 0 saturated heterocycles. The Morgan fingerprint density at radius 1 is 1.25 bits per heavy atom. The van der Waals surface area contributed by atoms with E-state index in [2.05, 4.69) is 0 Å². The monoisotopic (exact) mass is 331 g/mol. The Balaban J connectivity index is 1.95. The molecule has 1 amide bonds. The lowest BCUT2D eigenvalue weighted by atomic mass is 9.89. The van der Waals surface area contributed by atoms with E-state index in [1.54, 1.807) is 13.2 Å². The van der Waals surface area contributed by atoms with Crippen LogP contribution < -0.4 is 9.47 Å². The zero-order valence-corrected chi connectivity index (χ0v) is 15.1. The summed E-state index contributed by atoms with van der Waals surface area (Å²) in [4.78, 5) is 14.1. The Bertz CT molecular complexity index is 562. The fourth-order valence-electron chi connectivity index (χ4n) is 3.21. The van der Waals surface area contributed by atoms with Crippen LogP contribution in [0.4, 0.5) is 0 Å². The van der Waals surface area contributed by atoms with Gasteiger partial charge in [0, 0.05) is 19.7 Å². The molecular formula is C20H29NO3. The summed E-state index contributed by atoms with van der Waals surface area (Å²) in [5.41, 5.74) is 0.929. The summed E-state index contributed by atoms with van der Waals surface area (Å²) in [6, 6.07) is 5.68. The van der Waals surface area contributed by atoms with Gasteiger partial charge in [-0.05, 0) is 49.5 Å². The maximum absolute atomic E-state index is 12.3. The minimum Gasteiger partial charge on any atom is -0.493 e. The van der Waals surface area contributed by atoms with E-state index < -0.39 is 0 Å². The first kappa shape index (κ1) is 18.4. The van der Waals surface area contributed by atoms with Crippen molar-refractivity contribution in [1.29, 1.82) is 0 Å². The van der Waals surface area contributed by atoms with Crippen LogP contribution in [0.3, 0.4) is 0 Å². The van der Waals surface area contributed by atoms with Crippen molar-refractivity contribution in [1.82, 2.24) is 4.90 Å². The number of amides is 1. The van der Waals surface area contributed by atoms with Crippen molar-refractivity contribution >= 4 is 12.0 Å². The molecule has 0 bridgehead atoms. The fraction of sp³-hybridized carbons (Fsp3) is 0.550. The van der Waals surface area contributed by atoms with Crippen molar-refractivity contribution in [3.05, 3.63) is 29.8 Å². The van der Waals surface area contributed by atoms with E-state index in [0.717, 1.165) is 12.1 Å². The van der Waals surface area contributed by atoms with Gasteiger partial charge in [0.1, 0.15) is 0 Å². The number of ether oxygens (including phenoxy) is 2. The van der Waals surface area contributed by atoms with E-state index in [1.165, 1.54) is 32.1 Å². The lowest BCUT2D eigenvalue weighted by molar-refractivity contribution is -0.125. The quantitative estimate of drug-likeness (QED) is 0.705. The van der Waals surface area contributed by atoms with Gasteiger partial charge in [0.2, 0.25) is 5.91 Å². The number of methoxy groups -OCH3 is 1. The number of nitrogens with zero attached hydrogens (tertiary/aromatic N) is 1. The molecule has 1 aromatic rings. The molecule has 2 rings (SSSR count). The van der Waals surface area contributed by atoms with Gasteiger partial charge in [0.15, 0.2) is 11.5 Å². The smallest absolute Gasteiger partial charge is 0.246 e. The summed E-state index contributed by atoms with van der Waals surface area (Å²) >= 11 is 0. The lowest BCUT2D eigenvalue weighted by Crippen LogP contribution is -2.31. The third-order valence-electron chi connectivity index (χ3n) is 4.54. The molecule has 0 radical (unpaired) electrons. The summed E-state index contributed by atoms with van der Waals surface area (Å²) in [7, 11) is 3.51. The number of hydrogen-bond acceptors (Lipinski definition) is 3. The van der Waals surface area contributed by atoms with Crippen LogP contribution in [0.5, 0.6) is 11.5 Å². The molecule has 1 saturated carbocycles. The number of carbonyl (C=O) groups is 1. The Kier molecular flexibility index (Phi) is 7.16. The average Bonchev–Trinajstić information content (AvgIpc) is 2.61. The highest BCUT2D eigenvalue weighted by Gasteiger charge is 2.17. The fourth-order valence-corrected chi connectivity index (χ4v) is 3.21. The lowest BCUT2D eigenvalue weighted by Gasteiger charge is -2.26. The summed E-state index contributed by atoms with van der Waals surface area (Å²) in [6.45, 7) is 3.37. The maximum atomic E-state index is 12.3. The summed E-state index contributed by atoms with van der Waals surface area (Å²) < 4.78 is 10.8. The largest absolute Gasteiger partial charge is 0.493 e. The Labute approximate surface area is 145 Å². The van der Waals surface area contributed by atoms with Gasteiger partial charge >= 0.3 is 0 Å². The second-order valence-electron chi connectivity index (χ2n) is 6.40. The maximum Gasteiger partial charge on any atom is 0.246 e. The van der Waals surface area contributed by atoms with E-state index >= 15 is 0 Å². The van der Waals surface area contributed by atoms with Gasteiger partial charge in [-0.25, -0.2) is 0 Å². The van der Waals surface area contributed by atoms with E-state index in [0.29, 0.717) is 24.0 Å². The second kappa shape index (κ2) is 9.36. The summed E-state index contributed by atoms with van der Waals surface area (Å²) in [6.07, 6.45) is 9.91. The van der Waals surface area contributed by atoms with Crippen LogP contribution in [0.1, 0.15) is 44.6 Å². The van der Waals surface area contributed by atoms with E-state index in [-0.39, 0.29) is 5.91 Å². The van der Waals surface area contributed by atoms with Crippen LogP contribution in [0.15, 0.2) is 24.3 Å². The Hall–Kier alpha value is -1.97. The molecular weight excluding hydrogens is 302 g/mol. The topological polar surface area (TPSA) is 38.8 Å². The highest BCUT2D eigenvalue weighted by atomic mass is 16.5. The number of benzene rings is 1. The second-order valence-corrected chi connectivity index (χ2v) is 6.40. The number of rotatable bonds is 7. The highest BCUT2D eigenvalue weighted by Crippen LogP contribution is 2.28. The average molecular weight is 331 g/mol. The normalized spacial score (nSPS) is 15.5. The van der Waals surface area contributed by atoms with Gasteiger partial charge < -0.3 is 14.4 Å². The van der Waals surface area contributed by atoms with Crippen LogP contribution in [-0.2, 0) is 4.79 Å². The van der Waals surface area contributed by atoms with Crippen LogP contribution in [0, 0.1) is 5.92 Å². The third-order valence-corrected chi connectivity index (χ3v) is 4.54. The van der Waals surface area contributed by atoms with Crippen LogP contribution >= 0.6 is 0 Å². The summed E-state index contributed by atoms with van der Waals surface area (Å²) in [5.74, 6) is 2.11. The van der Waals surface area contributed by atoms with Crippen molar-refractivity contribution in [2.45, 2.75) is 39.0 Å². The molecule has 0 unspecified atom stereocenters. The van der Waals surface area contributed by atoms with Gasteiger partial charge in [-0.3, -0.25) is 4.79 Å². The number of likely N-dealkylation sites (N-methyl/N-ethyl adjacent to an activating group) is 1. The molecule has 1 aliphatic rings. The molecule has 132 valence electrons. The number of hydrogen-bond donors (Lipinski definition) is 0. The molecule has 1 aliphatic carbocycles. The predicted molar refractivity (Wildman–Crippen MR) is 97.4 cm³/mol. The minimum atomic E-state index is 0.0503. The minimum absolute atomic E-state index is 0.0503. The first-order valence-electron chi connectivity index (χ1n) is 8.88. The van der Waals surface area contributed by atoms with E-state index in [4.69, 9.17) is 9.47 Å². The third kappa shape index (κ3) is 5.29. The zero-order chi connectivity index (χ0) is 17.4. The SMILES string of the molecule is CCOc1cc(/C=C/C(=O)N(C)CC2CCCCC2)ccc1OC. The van der Waals surface area contributed by atoms with Crippen LogP contribution in [0.25, 0.3) is 6.08 Å². The van der Waals surface area contributed by atoms with Crippen molar-refractivity contribution < 1.29 is 14.3 Å². The molecule has 0 N–H and O–H groups in total. The van der Waals surface area contributed by atoms with Crippen LogP contribution in [0.2, 0.25) is 0 Å². The van der Waals surface area contributed by atoms with Crippen molar-refractivity contribution in [3.8, 4) is 11.5 Å². The van der Waals surface area contributed by atoms with Gasteiger partial charge in [0.25, 0.3) is 0 Å². The number of carbonyl (C=O) groups excluding carboxylic acids is 1. The van der Waals surface area contributed by atoms with Crippen molar-refractivity contribution in [2.24, 2.45) is 5.92 Å². The summed E-state index contributed by atoms with van der Waals surface area (Å²) in [5, 5.41) is 0. The first-order chi connectivity index (χ1) is 11.6. The molecule has 0 aliphatic heterocycles. The molecule has 0 atom stereocenters. The predicted octanol–water partition coefficient (Wildman–Crippen LogP) is 4.15. The highest BCUT2D eigenvalue weighted by molar-refractivity contribution is 5.91. The van der Waals surface area contributed by atoms with Gasteiger partial charge in [-0.2, -0.15) is 0 Å². The molecule has 4 nitrogen and oxygen atoms in total. The van der Waals surface area contributed by atoms with Gasteiger partial charge in [-0.1, -0.05) is 25.3 Å². The zero-order valence-electron chi connectivity index (χ0n) is 15.1. The van der Waals surface area contributed by atoms with Crippen LogP contribution in [-0.4, -0.2) is 38.1 Å².